The number of hydrogen-bond donors (Lipinski definition) is 3. The van der Waals surface area contributed by atoms with Crippen LogP contribution < -0.4 is 15.4 Å². The number of anilines is 1. The number of hydrogen-bond acceptors (Lipinski definition) is 4. The summed E-state index contributed by atoms with van der Waals surface area (Å²) in [6, 6.07) is 10.8. The third-order valence-electron chi connectivity index (χ3n) is 3.83. The van der Waals surface area contributed by atoms with Crippen LogP contribution in [0.1, 0.15) is 22.3 Å². The van der Waals surface area contributed by atoms with Gasteiger partial charge in [0.25, 0.3) is 5.91 Å². The number of carbonyl (C=O) groups excluding carboxylic acids is 2. The molecule has 0 atom stereocenters. The van der Waals surface area contributed by atoms with Gasteiger partial charge in [0.1, 0.15) is 0 Å². The van der Waals surface area contributed by atoms with E-state index in [4.69, 9.17) is 11.6 Å². The molecule has 0 aliphatic heterocycles. The van der Waals surface area contributed by atoms with E-state index < -0.39 is 10.0 Å². The van der Waals surface area contributed by atoms with Gasteiger partial charge in [-0.15, -0.1) is 0 Å². The van der Waals surface area contributed by atoms with Crippen LogP contribution in [-0.2, 0) is 14.8 Å². The molecular formula is C18H20ClN3O4S. The molecule has 0 saturated heterocycles. The lowest BCUT2D eigenvalue weighted by atomic mass is 10.1. The molecule has 27 heavy (non-hydrogen) atoms. The Kier molecular flexibility index (Phi) is 6.95. The SMILES string of the molecule is CNC(=O)c1cccc(NC(=O)CCNS(=O)(=O)c2cccc(Cl)c2)c1C. The molecule has 0 bridgehead atoms. The largest absolute Gasteiger partial charge is 0.355 e. The topological polar surface area (TPSA) is 104 Å². The minimum atomic E-state index is -3.75. The van der Waals surface area contributed by atoms with Crippen LogP contribution in [-0.4, -0.2) is 33.8 Å². The van der Waals surface area contributed by atoms with Crippen molar-refractivity contribution in [3.8, 4) is 0 Å². The molecule has 0 spiro atoms. The van der Waals surface area contributed by atoms with Crippen molar-refractivity contribution in [1.29, 1.82) is 0 Å². The summed E-state index contributed by atoms with van der Waals surface area (Å²) in [7, 11) is -2.22. The van der Waals surface area contributed by atoms with E-state index >= 15 is 0 Å². The maximum atomic E-state index is 12.2. The second-order valence-electron chi connectivity index (χ2n) is 5.71. The minimum Gasteiger partial charge on any atom is -0.355 e. The van der Waals surface area contributed by atoms with Crippen LogP contribution in [0.15, 0.2) is 47.4 Å². The lowest BCUT2D eigenvalue weighted by Gasteiger charge is -2.12. The van der Waals surface area contributed by atoms with Crippen LogP contribution >= 0.6 is 11.6 Å². The van der Waals surface area contributed by atoms with Gasteiger partial charge in [-0.3, -0.25) is 9.59 Å². The Labute approximate surface area is 163 Å². The van der Waals surface area contributed by atoms with Crippen LogP contribution in [0.3, 0.4) is 0 Å². The molecule has 0 radical (unpaired) electrons. The molecule has 0 aromatic heterocycles. The quantitative estimate of drug-likeness (QED) is 0.652. The van der Waals surface area contributed by atoms with Gasteiger partial charge in [0, 0.05) is 36.3 Å². The van der Waals surface area contributed by atoms with Crippen molar-refractivity contribution in [2.24, 2.45) is 0 Å². The van der Waals surface area contributed by atoms with Gasteiger partial charge in [0.05, 0.1) is 4.90 Å². The number of carbonyl (C=O) groups is 2. The van der Waals surface area contributed by atoms with Crippen LogP contribution in [0.25, 0.3) is 0 Å². The number of nitrogens with one attached hydrogen (secondary N) is 3. The molecule has 144 valence electrons. The Hall–Kier alpha value is -2.42. The highest BCUT2D eigenvalue weighted by Crippen LogP contribution is 2.19. The lowest BCUT2D eigenvalue weighted by molar-refractivity contribution is -0.116. The molecule has 9 heteroatoms. The van der Waals surface area contributed by atoms with E-state index in [9.17, 15) is 18.0 Å². The second kappa shape index (κ2) is 8.98. The monoisotopic (exact) mass is 409 g/mol. The van der Waals surface area contributed by atoms with E-state index in [1.807, 2.05) is 0 Å². The molecule has 2 aromatic rings. The molecule has 0 saturated carbocycles. The highest BCUT2D eigenvalue weighted by atomic mass is 35.5. The number of benzene rings is 2. The number of amides is 2. The normalized spacial score (nSPS) is 11.1. The summed E-state index contributed by atoms with van der Waals surface area (Å²) in [5.41, 5.74) is 1.58. The van der Waals surface area contributed by atoms with Gasteiger partial charge >= 0.3 is 0 Å². The van der Waals surface area contributed by atoms with Gasteiger partial charge in [-0.1, -0.05) is 23.7 Å². The zero-order chi connectivity index (χ0) is 20.0. The first-order chi connectivity index (χ1) is 12.7. The van der Waals surface area contributed by atoms with Gasteiger partial charge in [0.15, 0.2) is 0 Å². The van der Waals surface area contributed by atoms with Crippen LogP contribution in [0.2, 0.25) is 5.02 Å². The summed E-state index contributed by atoms with van der Waals surface area (Å²) >= 11 is 5.80. The average Bonchev–Trinajstić information content (AvgIpc) is 2.62. The molecule has 0 unspecified atom stereocenters. The van der Waals surface area contributed by atoms with Crippen LogP contribution in [0, 0.1) is 6.92 Å². The number of rotatable bonds is 7. The Balaban J connectivity index is 1.96. The maximum Gasteiger partial charge on any atom is 0.251 e. The molecule has 0 aliphatic rings. The first kappa shape index (κ1) is 20.9. The van der Waals surface area contributed by atoms with Gasteiger partial charge in [-0.25, -0.2) is 13.1 Å². The smallest absolute Gasteiger partial charge is 0.251 e. The van der Waals surface area contributed by atoms with Crippen molar-refractivity contribution in [2.45, 2.75) is 18.2 Å². The molecule has 0 aliphatic carbocycles. The summed E-state index contributed by atoms with van der Waals surface area (Å²) in [5.74, 6) is -0.626. The molecule has 2 amide bonds. The van der Waals surface area contributed by atoms with E-state index in [-0.39, 0.29) is 29.7 Å². The van der Waals surface area contributed by atoms with Gasteiger partial charge in [-0.2, -0.15) is 0 Å². The highest BCUT2D eigenvalue weighted by Gasteiger charge is 2.15. The lowest BCUT2D eigenvalue weighted by Crippen LogP contribution is -2.28. The van der Waals surface area contributed by atoms with Gasteiger partial charge in [-0.05, 0) is 42.8 Å². The van der Waals surface area contributed by atoms with Crippen molar-refractivity contribution < 1.29 is 18.0 Å². The highest BCUT2D eigenvalue weighted by molar-refractivity contribution is 7.89. The second-order valence-corrected chi connectivity index (χ2v) is 7.91. The molecular weight excluding hydrogens is 390 g/mol. The summed E-state index contributed by atoms with van der Waals surface area (Å²) in [5, 5.41) is 5.53. The standard InChI is InChI=1S/C18H20ClN3O4S/c1-12-15(18(24)20-2)7-4-8-16(12)22-17(23)9-10-21-27(25,26)14-6-3-5-13(19)11-14/h3-8,11,21H,9-10H2,1-2H3,(H,20,24)(H,22,23). The Morgan fingerprint density at radius 2 is 1.81 bits per heavy atom. The third kappa shape index (κ3) is 5.53. The summed E-state index contributed by atoms with van der Waals surface area (Å²) in [6.07, 6.45) is -0.0660. The zero-order valence-corrected chi connectivity index (χ0v) is 16.4. The van der Waals surface area contributed by atoms with E-state index in [0.29, 0.717) is 21.8 Å². The fourth-order valence-electron chi connectivity index (χ4n) is 2.38. The average molecular weight is 410 g/mol. The Bertz CT molecular complexity index is 961. The van der Waals surface area contributed by atoms with Gasteiger partial charge in [0.2, 0.25) is 15.9 Å². The predicted octanol–water partition coefficient (Wildman–Crippen LogP) is 2.32. The third-order valence-corrected chi connectivity index (χ3v) is 5.52. The summed E-state index contributed by atoms with van der Waals surface area (Å²) < 4.78 is 26.7. The van der Waals surface area contributed by atoms with E-state index in [1.165, 1.54) is 25.2 Å². The summed E-state index contributed by atoms with van der Waals surface area (Å²) in [4.78, 5) is 24.0. The first-order valence-electron chi connectivity index (χ1n) is 8.11. The molecule has 2 aromatic carbocycles. The van der Waals surface area contributed by atoms with Crippen molar-refractivity contribution >= 4 is 39.1 Å². The maximum absolute atomic E-state index is 12.2. The molecule has 2 rings (SSSR count). The Morgan fingerprint density at radius 1 is 1.11 bits per heavy atom. The van der Waals surface area contributed by atoms with Crippen LogP contribution in [0.4, 0.5) is 5.69 Å². The van der Waals surface area contributed by atoms with Crippen molar-refractivity contribution in [3.63, 3.8) is 0 Å². The molecule has 0 fully saturated rings. The zero-order valence-electron chi connectivity index (χ0n) is 14.9. The van der Waals surface area contributed by atoms with Crippen molar-refractivity contribution in [2.75, 3.05) is 18.9 Å². The van der Waals surface area contributed by atoms with Crippen molar-refractivity contribution in [3.05, 3.63) is 58.6 Å². The predicted molar refractivity (Wildman–Crippen MR) is 104 cm³/mol. The number of halogens is 1. The Morgan fingerprint density at radius 3 is 2.48 bits per heavy atom. The molecule has 7 nitrogen and oxygen atoms in total. The first-order valence-corrected chi connectivity index (χ1v) is 9.97. The molecule has 0 heterocycles. The number of sulfonamides is 1. The van der Waals surface area contributed by atoms with Gasteiger partial charge < -0.3 is 10.6 Å². The fraction of sp³-hybridized carbons (Fsp3) is 0.222. The van der Waals surface area contributed by atoms with E-state index in [2.05, 4.69) is 15.4 Å². The molecule has 3 N–H and O–H groups in total. The van der Waals surface area contributed by atoms with E-state index in [0.717, 1.165) is 0 Å². The van der Waals surface area contributed by atoms with Crippen molar-refractivity contribution in [1.82, 2.24) is 10.0 Å². The van der Waals surface area contributed by atoms with E-state index in [1.54, 1.807) is 31.2 Å². The minimum absolute atomic E-state index is 0.0320. The van der Waals surface area contributed by atoms with Crippen LogP contribution in [0.5, 0.6) is 0 Å². The summed E-state index contributed by atoms with van der Waals surface area (Å²) in [6.45, 7) is 1.65. The fourth-order valence-corrected chi connectivity index (χ4v) is 3.71.